The molecule has 0 amide bonds. The second-order valence-corrected chi connectivity index (χ2v) is 4.64. The molecule has 0 aliphatic rings. The first kappa shape index (κ1) is 15.4. The zero-order valence-corrected chi connectivity index (χ0v) is 11.8. The normalized spacial score (nSPS) is 12.2. The molecule has 5 heteroatoms. The zero-order valence-electron chi connectivity index (χ0n) is 11.8. The van der Waals surface area contributed by atoms with E-state index in [1.165, 1.54) is 7.11 Å². The summed E-state index contributed by atoms with van der Waals surface area (Å²) >= 11 is 0. The number of likely N-dealkylation sites (N-methyl/N-ethyl adjacent to an activating group) is 1. The first-order valence-corrected chi connectivity index (χ1v) is 6.50. The number of ether oxygens (including phenoxy) is 1. The van der Waals surface area contributed by atoms with Crippen LogP contribution in [0.2, 0.25) is 0 Å². The van der Waals surface area contributed by atoms with Gasteiger partial charge in [-0.05, 0) is 25.1 Å². The topological polar surface area (TPSA) is 21.3 Å². The third-order valence-corrected chi connectivity index (χ3v) is 3.36. The Morgan fingerprint density at radius 3 is 2.29 bits per heavy atom. The Balaban J connectivity index is 2.37. The number of para-hydroxylation sites is 1. The van der Waals surface area contributed by atoms with Gasteiger partial charge < -0.3 is 10.1 Å². The minimum absolute atomic E-state index is 0.176. The number of rotatable bonds is 5. The average molecular weight is 295 g/mol. The molecule has 2 aromatic carbocycles. The third-order valence-electron chi connectivity index (χ3n) is 3.36. The lowest BCUT2D eigenvalue weighted by Crippen LogP contribution is -2.22. The Kier molecular flexibility index (Phi) is 4.85. The van der Waals surface area contributed by atoms with Gasteiger partial charge in [-0.2, -0.15) is 0 Å². The van der Waals surface area contributed by atoms with Crippen molar-refractivity contribution in [2.24, 2.45) is 0 Å². The maximum Gasteiger partial charge on any atom is 0.133 e. The highest BCUT2D eigenvalue weighted by molar-refractivity contribution is 5.35. The van der Waals surface area contributed by atoms with E-state index < -0.39 is 23.5 Å². The van der Waals surface area contributed by atoms with Crippen LogP contribution in [0.1, 0.15) is 17.2 Å². The maximum absolute atomic E-state index is 13.9. The first-order chi connectivity index (χ1) is 10.1. The summed E-state index contributed by atoms with van der Waals surface area (Å²) in [4.78, 5) is 0. The van der Waals surface area contributed by atoms with Crippen LogP contribution in [-0.2, 0) is 6.42 Å². The molecule has 1 N–H and O–H groups in total. The van der Waals surface area contributed by atoms with Crippen LogP contribution in [0.3, 0.4) is 0 Å². The Labute approximate surface area is 121 Å². The quantitative estimate of drug-likeness (QED) is 0.909. The average Bonchev–Trinajstić information content (AvgIpc) is 2.45. The van der Waals surface area contributed by atoms with Gasteiger partial charge in [0.2, 0.25) is 0 Å². The largest absolute Gasteiger partial charge is 0.496 e. The molecule has 0 bridgehead atoms. The van der Waals surface area contributed by atoms with Gasteiger partial charge >= 0.3 is 0 Å². The van der Waals surface area contributed by atoms with Gasteiger partial charge in [0.25, 0.3) is 0 Å². The molecule has 112 valence electrons. The summed E-state index contributed by atoms with van der Waals surface area (Å²) in [5.74, 6) is -2.09. The molecule has 0 heterocycles. The monoisotopic (exact) mass is 295 g/mol. The maximum atomic E-state index is 13.9. The SMILES string of the molecule is CNC(Cc1ccccc1OC)c1c(F)cc(F)cc1F. The van der Waals surface area contributed by atoms with Crippen LogP contribution in [-0.4, -0.2) is 14.2 Å². The Bertz CT molecular complexity index is 608. The summed E-state index contributed by atoms with van der Waals surface area (Å²) in [5.41, 5.74) is 0.632. The Hall–Kier alpha value is -2.01. The summed E-state index contributed by atoms with van der Waals surface area (Å²) in [6.07, 6.45) is 0.319. The summed E-state index contributed by atoms with van der Waals surface area (Å²) in [5, 5.41) is 2.86. The van der Waals surface area contributed by atoms with Crippen LogP contribution in [0, 0.1) is 17.5 Å². The van der Waals surface area contributed by atoms with Crippen molar-refractivity contribution >= 4 is 0 Å². The van der Waals surface area contributed by atoms with Crippen LogP contribution in [0.15, 0.2) is 36.4 Å². The van der Waals surface area contributed by atoms with Crippen molar-refractivity contribution in [2.75, 3.05) is 14.2 Å². The summed E-state index contributed by atoms with van der Waals surface area (Å²) in [7, 11) is 3.13. The zero-order chi connectivity index (χ0) is 15.4. The molecular formula is C16H16F3NO. The van der Waals surface area contributed by atoms with E-state index in [1.807, 2.05) is 18.2 Å². The Morgan fingerprint density at radius 1 is 1.10 bits per heavy atom. The van der Waals surface area contributed by atoms with E-state index in [-0.39, 0.29) is 5.56 Å². The highest BCUT2D eigenvalue weighted by Crippen LogP contribution is 2.28. The van der Waals surface area contributed by atoms with Crippen LogP contribution in [0.4, 0.5) is 13.2 Å². The van der Waals surface area contributed by atoms with Crippen molar-refractivity contribution in [3.63, 3.8) is 0 Å². The van der Waals surface area contributed by atoms with Crippen molar-refractivity contribution in [3.05, 3.63) is 65.0 Å². The van der Waals surface area contributed by atoms with E-state index in [4.69, 9.17) is 4.74 Å². The molecule has 2 nitrogen and oxygen atoms in total. The van der Waals surface area contributed by atoms with E-state index in [0.717, 1.165) is 5.56 Å². The van der Waals surface area contributed by atoms with E-state index in [2.05, 4.69) is 5.32 Å². The van der Waals surface area contributed by atoms with Crippen molar-refractivity contribution in [1.29, 1.82) is 0 Å². The van der Waals surface area contributed by atoms with Crippen LogP contribution >= 0.6 is 0 Å². The lowest BCUT2D eigenvalue weighted by atomic mass is 9.97. The van der Waals surface area contributed by atoms with Gasteiger partial charge in [-0.1, -0.05) is 18.2 Å². The van der Waals surface area contributed by atoms with Crippen molar-refractivity contribution < 1.29 is 17.9 Å². The molecule has 0 fully saturated rings. The fourth-order valence-electron chi connectivity index (χ4n) is 2.33. The molecule has 0 saturated heterocycles. The number of halogens is 3. The number of benzene rings is 2. The molecule has 0 saturated carbocycles. The molecule has 0 aromatic heterocycles. The number of methoxy groups -OCH3 is 1. The fraction of sp³-hybridized carbons (Fsp3) is 0.250. The number of nitrogens with one attached hydrogen (secondary N) is 1. The van der Waals surface area contributed by atoms with Gasteiger partial charge in [0.15, 0.2) is 0 Å². The van der Waals surface area contributed by atoms with Crippen molar-refractivity contribution in [2.45, 2.75) is 12.5 Å². The molecule has 1 unspecified atom stereocenters. The second-order valence-electron chi connectivity index (χ2n) is 4.64. The van der Waals surface area contributed by atoms with E-state index >= 15 is 0 Å². The molecular weight excluding hydrogens is 279 g/mol. The molecule has 2 rings (SSSR count). The molecule has 21 heavy (non-hydrogen) atoms. The predicted molar refractivity (Wildman–Crippen MR) is 74.8 cm³/mol. The minimum atomic E-state index is -0.930. The first-order valence-electron chi connectivity index (χ1n) is 6.50. The van der Waals surface area contributed by atoms with Gasteiger partial charge in [0.1, 0.15) is 23.2 Å². The molecule has 0 spiro atoms. The molecule has 0 aliphatic heterocycles. The highest BCUT2D eigenvalue weighted by Gasteiger charge is 2.21. The summed E-state index contributed by atoms with van der Waals surface area (Å²) < 4.78 is 46.0. The molecule has 0 aliphatic carbocycles. The van der Waals surface area contributed by atoms with E-state index in [0.29, 0.717) is 24.3 Å². The van der Waals surface area contributed by atoms with Crippen LogP contribution in [0.25, 0.3) is 0 Å². The van der Waals surface area contributed by atoms with Gasteiger partial charge in [0, 0.05) is 23.7 Å². The van der Waals surface area contributed by atoms with Gasteiger partial charge in [-0.3, -0.25) is 0 Å². The van der Waals surface area contributed by atoms with Gasteiger partial charge in [0.05, 0.1) is 7.11 Å². The van der Waals surface area contributed by atoms with Crippen molar-refractivity contribution in [1.82, 2.24) is 5.32 Å². The van der Waals surface area contributed by atoms with Gasteiger partial charge in [-0.15, -0.1) is 0 Å². The smallest absolute Gasteiger partial charge is 0.133 e. The highest BCUT2D eigenvalue weighted by atomic mass is 19.1. The predicted octanol–water partition coefficient (Wildman–Crippen LogP) is 3.62. The van der Waals surface area contributed by atoms with E-state index in [9.17, 15) is 13.2 Å². The Morgan fingerprint density at radius 2 is 1.71 bits per heavy atom. The van der Waals surface area contributed by atoms with Gasteiger partial charge in [-0.25, -0.2) is 13.2 Å². The van der Waals surface area contributed by atoms with Crippen LogP contribution < -0.4 is 10.1 Å². The lowest BCUT2D eigenvalue weighted by Gasteiger charge is -2.19. The van der Waals surface area contributed by atoms with E-state index in [1.54, 1.807) is 13.1 Å². The van der Waals surface area contributed by atoms with Crippen molar-refractivity contribution in [3.8, 4) is 5.75 Å². The number of hydrogen-bond donors (Lipinski definition) is 1. The lowest BCUT2D eigenvalue weighted by molar-refractivity contribution is 0.404. The molecule has 2 aromatic rings. The minimum Gasteiger partial charge on any atom is -0.496 e. The summed E-state index contributed by atoms with van der Waals surface area (Å²) in [6, 6.07) is 7.98. The molecule has 1 atom stereocenters. The second kappa shape index (κ2) is 6.63. The summed E-state index contributed by atoms with van der Waals surface area (Å²) in [6.45, 7) is 0. The standard InChI is InChI=1S/C16H16F3NO/c1-20-14(7-10-5-3-4-6-15(10)21-2)16-12(18)8-11(17)9-13(16)19/h3-6,8-9,14,20H,7H2,1-2H3. The number of hydrogen-bond acceptors (Lipinski definition) is 2. The fourth-order valence-corrected chi connectivity index (χ4v) is 2.33. The molecule has 0 radical (unpaired) electrons. The third kappa shape index (κ3) is 3.36. The van der Waals surface area contributed by atoms with Crippen LogP contribution in [0.5, 0.6) is 5.75 Å².